The number of carbonyl (C=O) groups is 1. The Kier molecular flexibility index (Phi) is 6.22. The molecule has 0 radical (unpaired) electrons. The van der Waals surface area contributed by atoms with Crippen molar-refractivity contribution in [1.82, 2.24) is 14.9 Å². The third-order valence-corrected chi connectivity index (χ3v) is 5.82. The van der Waals surface area contributed by atoms with Crippen molar-refractivity contribution in [2.45, 2.75) is 26.2 Å². The summed E-state index contributed by atoms with van der Waals surface area (Å²) >= 11 is 5.79. The third-order valence-electron chi connectivity index (χ3n) is 5.53. The van der Waals surface area contributed by atoms with Gasteiger partial charge in [0.05, 0.1) is 5.02 Å². The van der Waals surface area contributed by atoms with E-state index in [1.165, 1.54) is 37.5 Å². The highest BCUT2D eigenvalue weighted by atomic mass is 35.5. The number of hydrogen-bond acceptors (Lipinski definition) is 5. The van der Waals surface area contributed by atoms with Gasteiger partial charge in [-0.15, -0.1) is 0 Å². The zero-order valence-corrected chi connectivity index (χ0v) is 17.8. The Hall–Kier alpha value is -2.61. The van der Waals surface area contributed by atoms with Gasteiger partial charge in [-0.25, -0.2) is 14.2 Å². The van der Waals surface area contributed by atoms with Crippen molar-refractivity contribution in [1.29, 1.82) is 0 Å². The van der Waals surface area contributed by atoms with Gasteiger partial charge in [0.25, 0.3) is 0 Å². The van der Waals surface area contributed by atoms with E-state index in [-0.39, 0.29) is 11.1 Å². The molecule has 160 valence electrons. The number of carbonyl (C=O) groups excluding carboxylic acids is 1. The zero-order valence-electron chi connectivity index (χ0n) is 17.1. The summed E-state index contributed by atoms with van der Waals surface area (Å²) in [4.78, 5) is 28.2. The summed E-state index contributed by atoms with van der Waals surface area (Å²) in [5.74, 6) is 1.21. The number of nitrogens with one attached hydrogen (secondary N) is 1. The Morgan fingerprint density at radius 1 is 1.00 bits per heavy atom. The normalized spacial score (nSPS) is 17.2. The van der Waals surface area contributed by atoms with Gasteiger partial charge in [-0.3, -0.25) is 0 Å². The number of nitrogens with zero attached hydrogens (tertiary/aromatic N) is 5. The van der Waals surface area contributed by atoms with Crippen molar-refractivity contribution in [3.8, 4) is 0 Å². The fraction of sp³-hybridized carbons (Fsp3) is 0.476. The predicted molar refractivity (Wildman–Crippen MR) is 117 cm³/mol. The molecule has 1 aromatic heterocycles. The summed E-state index contributed by atoms with van der Waals surface area (Å²) in [6.45, 7) is 6.49. The van der Waals surface area contributed by atoms with Gasteiger partial charge in [-0.05, 0) is 44.4 Å². The highest BCUT2D eigenvalue weighted by Crippen LogP contribution is 2.23. The van der Waals surface area contributed by atoms with E-state index < -0.39 is 5.82 Å². The topological polar surface area (TPSA) is 64.6 Å². The molecule has 2 aliphatic heterocycles. The average molecular weight is 433 g/mol. The molecule has 9 heteroatoms. The van der Waals surface area contributed by atoms with E-state index in [9.17, 15) is 9.18 Å². The van der Waals surface area contributed by atoms with Crippen LogP contribution < -0.4 is 15.1 Å². The average Bonchev–Trinajstić information content (AvgIpc) is 2.76. The van der Waals surface area contributed by atoms with E-state index in [1.54, 1.807) is 4.90 Å². The lowest BCUT2D eigenvalue weighted by Crippen LogP contribution is -2.50. The van der Waals surface area contributed by atoms with Crippen LogP contribution in [0, 0.1) is 12.7 Å². The molecule has 4 rings (SSSR count). The van der Waals surface area contributed by atoms with E-state index in [4.69, 9.17) is 16.6 Å². The maximum absolute atomic E-state index is 13.3. The summed E-state index contributed by atoms with van der Waals surface area (Å²) < 4.78 is 13.3. The number of aromatic nitrogens is 2. The maximum atomic E-state index is 13.3. The molecule has 30 heavy (non-hydrogen) atoms. The highest BCUT2D eigenvalue weighted by molar-refractivity contribution is 6.31. The molecule has 1 N–H and O–H groups in total. The van der Waals surface area contributed by atoms with Crippen molar-refractivity contribution >= 4 is 35.1 Å². The van der Waals surface area contributed by atoms with Crippen LogP contribution in [0.15, 0.2) is 24.3 Å². The lowest BCUT2D eigenvalue weighted by molar-refractivity contribution is 0.208. The van der Waals surface area contributed by atoms with Crippen molar-refractivity contribution in [2.24, 2.45) is 0 Å². The Morgan fingerprint density at radius 3 is 2.43 bits per heavy atom. The van der Waals surface area contributed by atoms with E-state index >= 15 is 0 Å². The largest absolute Gasteiger partial charge is 0.356 e. The standard InChI is InChI=1S/C21H26ClFN6O/c1-15-13-19(27-7-3-2-4-8-27)26-20(24-15)28-9-11-29(12-10-28)21(30)25-16-5-6-18(23)17(22)14-16/h5-6,13-14H,2-4,7-12H2,1H3,(H,25,30). The van der Waals surface area contributed by atoms with Crippen molar-refractivity contribution in [3.05, 3.63) is 40.8 Å². The van der Waals surface area contributed by atoms with E-state index in [0.717, 1.165) is 30.5 Å². The number of piperidine rings is 1. The van der Waals surface area contributed by atoms with E-state index in [2.05, 4.69) is 20.1 Å². The molecule has 7 nitrogen and oxygen atoms in total. The summed E-state index contributed by atoms with van der Waals surface area (Å²) in [7, 11) is 0. The number of halogens is 2. The van der Waals surface area contributed by atoms with Gasteiger partial charge in [0, 0.05) is 56.7 Å². The summed E-state index contributed by atoms with van der Waals surface area (Å²) in [6, 6.07) is 5.97. The first-order valence-corrected chi connectivity index (χ1v) is 10.7. The number of aryl methyl sites for hydroxylation is 1. The van der Waals surface area contributed by atoms with Gasteiger partial charge >= 0.3 is 6.03 Å². The Labute approximate surface area is 180 Å². The van der Waals surface area contributed by atoms with Gasteiger partial charge in [0.15, 0.2) is 0 Å². The first-order valence-electron chi connectivity index (χ1n) is 10.4. The fourth-order valence-electron chi connectivity index (χ4n) is 3.85. The zero-order chi connectivity index (χ0) is 21.1. The second-order valence-electron chi connectivity index (χ2n) is 7.75. The molecular weight excluding hydrogens is 407 g/mol. The maximum Gasteiger partial charge on any atom is 0.321 e. The van der Waals surface area contributed by atoms with Gasteiger partial charge in [-0.2, -0.15) is 4.98 Å². The Bertz CT molecular complexity index is 912. The fourth-order valence-corrected chi connectivity index (χ4v) is 4.03. The van der Waals surface area contributed by atoms with E-state index in [1.807, 2.05) is 13.0 Å². The molecule has 2 saturated heterocycles. The predicted octanol–water partition coefficient (Wildman–Crippen LogP) is 3.92. The van der Waals surface area contributed by atoms with Crippen LogP contribution in [0.3, 0.4) is 0 Å². The van der Waals surface area contributed by atoms with Crippen LogP contribution in [0.5, 0.6) is 0 Å². The van der Waals surface area contributed by atoms with Crippen molar-refractivity contribution in [3.63, 3.8) is 0 Å². The molecule has 1 aromatic carbocycles. The number of urea groups is 1. The molecule has 2 amide bonds. The van der Waals surface area contributed by atoms with Gasteiger partial charge in [-0.1, -0.05) is 11.6 Å². The molecule has 0 aliphatic carbocycles. The first kappa shape index (κ1) is 20.7. The Balaban J connectivity index is 1.37. The molecule has 0 bridgehead atoms. The summed E-state index contributed by atoms with van der Waals surface area (Å²) in [5, 5.41) is 2.76. The molecule has 2 aliphatic rings. The minimum Gasteiger partial charge on any atom is -0.356 e. The minimum atomic E-state index is -0.509. The van der Waals surface area contributed by atoms with Crippen LogP contribution in [-0.4, -0.2) is 60.2 Å². The SMILES string of the molecule is Cc1cc(N2CCCCC2)nc(N2CCN(C(=O)Nc3ccc(F)c(Cl)c3)CC2)n1. The Morgan fingerprint density at radius 2 is 1.73 bits per heavy atom. The first-order chi connectivity index (χ1) is 14.5. The number of anilines is 3. The van der Waals surface area contributed by atoms with Crippen LogP contribution in [0.2, 0.25) is 5.02 Å². The number of piperazine rings is 1. The second-order valence-corrected chi connectivity index (χ2v) is 8.16. The van der Waals surface area contributed by atoms with Crippen LogP contribution in [-0.2, 0) is 0 Å². The minimum absolute atomic E-state index is 0.0151. The van der Waals surface area contributed by atoms with E-state index in [0.29, 0.717) is 31.9 Å². The van der Waals surface area contributed by atoms with Crippen LogP contribution >= 0.6 is 11.6 Å². The van der Waals surface area contributed by atoms with Crippen LogP contribution in [0.25, 0.3) is 0 Å². The van der Waals surface area contributed by atoms with Crippen molar-refractivity contribution in [2.75, 3.05) is 54.4 Å². The number of benzene rings is 1. The highest BCUT2D eigenvalue weighted by Gasteiger charge is 2.24. The number of amides is 2. The molecule has 0 unspecified atom stereocenters. The van der Waals surface area contributed by atoms with Crippen LogP contribution in [0.4, 0.5) is 26.6 Å². The summed E-state index contributed by atoms with van der Waals surface area (Å²) in [6.07, 6.45) is 3.68. The van der Waals surface area contributed by atoms with Crippen molar-refractivity contribution < 1.29 is 9.18 Å². The van der Waals surface area contributed by atoms with Gasteiger partial charge in [0.1, 0.15) is 11.6 Å². The monoisotopic (exact) mass is 432 g/mol. The summed E-state index contributed by atoms with van der Waals surface area (Å²) in [5.41, 5.74) is 1.43. The molecular formula is C21H26ClFN6O. The van der Waals surface area contributed by atoms with Crippen LogP contribution in [0.1, 0.15) is 25.0 Å². The lowest BCUT2D eigenvalue weighted by Gasteiger charge is -2.35. The quantitative estimate of drug-likeness (QED) is 0.796. The van der Waals surface area contributed by atoms with Gasteiger partial charge in [0.2, 0.25) is 5.95 Å². The number of hydrogen-bond donors (Lipinski definition) is 1. The van der Waals surface area contributed by atoms with Gasteiger partial charge < -0.3 is 20.0 Å². The molecule has 0 spiro atoms. The third kappa shape index (κ3) is 4.75. The lowest BCUT2D eigenvalue weighted by atomic mass is 10.1. The number of rotatable bonds is 3. The second kappa shape index (κ2) is 9.04. The smallest absolute Gasteiger partial charge is 0.321 e. The molecule has 0 saturated carbocycles. The molecule has 2 aromatic rings. The molecule has 0 atom stereocenters. The molecule has 3 heterocycles. The molecule has 2 fully saturated rings.